The molecule has 1 aliphatic rings. The molecule has 3 aromatic rings. The Balaban J connectivity index is 1.51. The predicted octanol–water partition coefficient (Wildman–Crippen LogP) is 4.06. The van der Waals surface area contributed by atoms with Crippen LogP contribution in [-0.4, -0.2) is 63.8 Å². The summed E-state index contributed by atoms with van der Waals surface area (Å²) >= 11 is 7.30. The van der Waals surface area contributed by atoms with Crippen LogP contribution in [0, 0.1) is 24.2 Å². The summed E-state index contributed by atoms with van der Waals surface area (Å²) in [5.74, 6) is -1.76. The van der Waals surface area contributed by atoms with Gasteiger partial charge < -0.3 is 25.1 Å². The third kappa shape index (κ3) is 4.38. The summed E-state index contributed by atoms with van der Waals surface area (Å²) in [6.45, 7) is 4.77. The van der Waals surface area contributed by atoms with Gasteiger partial charge in [0, 0.05) is 26.1 Å². The molecule has 1 saturated heterocycles. The quantitative estimate of drug-likeness (QED) is 0.336. The Hall–Kier alpha value is -2.82. The van der Waals surface area contributed by atoms with Crippen LogP contribution in [0.4, 0.5) is 5.13 Å². The lowest BCUT2D eigenvalue weighted by molar-refractivity contribution is 0.0309. The van der Waals surface area contributed by atoms with Crippen molar-refractivity contribution < 1.29 is 19.4 Å². The number of carboxylic acids is 1. The maximum absolute atomic E-state index is 12.8. The smallest absolute Gasteiger partial charge is 0.337 e. The minimum atomic E-state index is -0.977. The fourth-order valence-electron chi connectivity index (χ4n) is 4.27. The summed E-state index contributed by atoms with van der Waals surface area (Å²) in [5.41, 5.74) is 1.44. The fraction of sp³-hybridized carbons (Fsp3) is 0.409. The summed E-state index contributed by atoms with van der Waals surface area (Å²) < 4.78 is 6.40. The average Bonchev–Trinajstić information content (AvgIpc) is 3.39. The van der Waals surface area contributed by atoms with Gasteiger partial charge in [-0.15, -0.1) is 0 Å². The van der Waals surface area contributed by atoms with Crippen LogP contribution in [0.25, 0.3) is 10.2 Å². The Labute approximate surface area is 199 Å². The monoisotopic (exact) mass is 489 g/mol. The number of carbonyl (C=O) groups excluding carboxylic acids is 1. The molecule has 1 unspecified atom stereocenters. The number of imidazole rings is 1. The number of anilines is 1. The molecule has 0 bridgehead atoms. The van der Waals surface area contributed by atoms with E-state index in [0.29, 0.717) is 35.4 Å². The number of piperidine rings is 1. The van der Waals surface area contributed by atoms with Gasteiger partial charge in [-0.25, -0.2) is 14.8 Å². The number of aromatic nitrogens is 3. The highest BCUT2D eigenvalue weighted by molar-refractivity contribution is 7.22. The molecule has 2 aromatic heterocycles. The zero-order chi connectivity index (χ0) is 23.9. The number of aromatic carboxylic acids is 1. The Morgan fingerprint density at radius 2 is 2.15 bits per heavy atom. The molecule has 174 valence electrons. The normalized spacial score (nSPS) is 19.6. The van der Waals surface area contributed by atoms with Crippen molar-refractivity contribution in [2.75, 3.05) is 25.1 Å². The zero-order valence-corrected chi connectivity index (χ0v) is 20.0. The van der Waals surface area contributed by atoms with E-state index in [1.54, 1.807) is 32.2 Å². The van der Waals surface area contributed by atoms with Gasteiger partial charge in [0.2, 0.25) is 5.78 Å². The number of carbonyl (C=O) groups is 2. The van der Waals surface area contributed by atoms with E-state index in [1.165, 1.54) is 11.3 Å². The number of thiazole rings is 1. The maximum atomic E-state index is 12.8. The van der Waals surface area contributed by atoms with Crippen LogP contribution in [0.15, 0.2) is 18.2 Å². The lowest BCUT2D eigenvalue weighted by Gasteiger charge is -2.40. The fourth-order valence-corrected chi connectivity index (χ4v) is 5.50. The van der Waals surface area contributed by atoms with Gasteiger partial charge in [-0.2, -0.15) is 0 Å². The van der Waals surface area contributed by atoms with Gasteiger partial charge in [-0.3, -0.25) is 4.79 Å². The van der Waals surface area contributed by atoms with Crippen LogP contribution in [0.1, 0.15) is 40.0 Å². The van der Waals surface area contributed by atoms with E-state index in [9.17, 15) is 14.7 Å². The number of hydrogen-bond donors (Lipinski definition) is 3. The van der Waals surface area contributed by atoms with E-state index < -0.39 is 11.8 Å². The number of H-pyrrole nitrogens is 1. The molecule has 3 atom stereocenters. The minimum Gasteiger partial charge on any atom is -0.478 e. The Kier molecular flexibility index (Phi) is 6.51. The molecule has 3 heterocycles. The summed E-state index contributed by atoms with van der Waals surface area (Å²) in [4.78, 5) is 37.9. The second-order valence-corrected chi connectivity index (χ2v) is 9.50. The number of nitrogens with zero attached hydrogens (tertiary/aromatic N) is 3. The van der Waals surface area contributed by atoms with Crippen LogP contribution < -0.4 is 4.90 Å². The number of fused-ring (bicyclic) bond motifs is 1. The zero-order valence-electron chi connectivity index (χ0n) is 18.4. The van der Waals surface area contributed by atoms with Gasteiger partial charge >= 0.3 is 5.97 Å². The second kappa shape index (κ2) is 9.20. The van der Waals surface area contributed by atoms with Gasteiger partial charge in [0.25, 0.3) is 0 Å². The largest absolute Gasteiger partial charge is 0.478 e. The Morgan fingerprint density at radius 3 is 2.79 bits per heavy atom. The van der Waals surface area contributed by atoms with Crippen LogP contribution in [0.5, 0.6) is 0 Å². The first-order valence-electron chi connectivity index (χ1n) is 10.5. The molecule has 33 heavy (non-hydrogen) atoms. The first-order chi connectivity index (χ1) is 15.7. The molecule has 4 rings (SSSR count). The summed E-state index contributed by atoms with van der Waals surface area (Å²) in [5, 5.41) is 18.9. The van der Waals surface area contributed by atoms with Gasteiger partial charge in [-0.05, 0) is 31.4 Å². The first-order valence-corrected chi connectivity index (χ1v) is 11.7. The van der Waals surface area contributed by atoms with E-state index in [2.05, 4.69) is 19.9 Å². The number of aryl methyl sites for hydroxylation is 1. The molecule has 0 radical (unpaired) electrons. The molecule has 1 aliphatic heterocycles. The number of carboxylic acid groups (broad SMARTS) is 1. The first kappa shape index (κ1) is 23.3. The second-order valence-electron chi connectivity index (χ2n) is 8.16. The number of rotatable bonds is 7. The lowest BCUT2D eigenvalue weighted by Crippen LogP contribution is -2.48. The number of ketones is 1. The molecule has 9 nitrogen and oxygen atoms in total. The van der Waals surface area contributed by atoms with Gasteiger partial charge in [-0.1, -0.05) is 35.9 Å². The van der Waals surface area contributed by atoms with E-state index in [-0.39, 0.29) is 40.2 Å². The van der Waals surface area contributed by atoms with Gasteiger partial charge in [0.05, 0.1) is 33.3 Å². The van der Waals surface area contributed by atoms with Crippen molar-refractivity contribution in [3.05, 3.63) is 40.4 Å². The number of Topliss-reactive ketones (excluding diaryl/α,β-unsaturated/α-hetero) is 1. The average molecular weight is 490 g/mol. The summed E-state index contributed by atoms with van der Waals surface area (Å²) in [6, 6.07) is 5.08. The maximum Gasteiger partial charge on any atom is 0.337 e. The number of ether oxygens (including phenoxy) is 1. The summed E-state index contributed by atoms with van der Waals surface area (Å²) in [6.07, 6.45) is 0.462. The molecule has 0 aliphatic carbocycles. The highest BCUT2D eigenvalue weighted by Crippen LogP contribution is 2.36. The molecule has 1 aromatic carbocycles. The highest BCUT2D eigenvalue weighted by atomic mass is 35.5. The standard InChI is InChI=1S/C22H24ClN5O4S/c1-10(16(24)17(29)20-25-11(2)19(23)27-20)12-7-8-28(9-15(12)32-3)22-26-14-6-4-5-13(21(30)31)18(14)33-22/h4-6,10,12,15,24H,7-9H2,1-3H3,(H,25,27)(H,30,31)/t10-,12?,15+/m1/s1. The van der Waals surface area contributed by atoms with E-state index in [0.717, 1.165) is 5.13 Å². The number of nitrogens with one attached hydrogen (secondary N) is 2. The van der Waals surface area contributed by atoms with Crippen LogP contribution in [0.3, 0.4) is 0 Å². The Bertz CT molecular complexity index is 1220. The van der Waals surface area contributed by atoms with Crippen molar-refractivity contribution in [1.82, 2.24) is 15.0 Å². The summed E-state index contributed by atoms with van der Waals surface area (Å²) in [7, 11) is 1.62. The molecule has 0 amide bonds. The number of aromatic amines is 1. The van der Waals surface area contributed by atoms with E-state index in [4.69, 9.17) is 21.7 Å². The number of hydrogen-bond acceptors (Lipinski definition) is 8. The van der Waals surface area contributed by atoms with Crippen LogP contribution in [0.2, 0.25) is 5.15 Å². The SMILES string of the molecule is CO[C@H]1CN(c2nc3cccc(C(=O)O)c3s2)CCC1[C@@H](C)C(=N)C(=O)c1nc(Cl)c(C)[nH]1. The minimum absolute atomic E-state index is 0.0352. The topological polar surface area (TPSA) is 132 Å². The van der Waals surface area contributed by atoms with Crippen molar-refractivity contribution >= 4 is 55.8 Å². The molecular weight excluding hydrogens is 466 g/mol. The van der Waals surface area contributed by atoms with Crippen LogP contribution in [-0.2, 0) is 4.74 Å². The molecule has 0 saturated carbocycles. The molecular formula is C22H24ClN5O4S. The highest BCUT2D eigenvalue weighted by Gasteiger charge is 2.38. The van der Waals surface area contributed by atoms with Crippen molar-refractivity contribution in [3.8, 4) is 0 Å². The third-order valence-corrected chi connectivity index (χ3v) is 7.73. The third-order valence-electron chi connectivity index (χ3n) is 6.20. The van der Waals surface area contributed by atoms with Gasteiger partial charge in [0.15, 0.2) is 16.1 Å². The number of methoxy groups -OCH3 is 1. The van der Waals surface area contributed by atoms with Gasteiger partial charge in [0.1, 0.15) is 0 Å². The van der Waals surface area contributed by atoms with Crippen molar-refractivity contribution in [2.24, 2.45) is 11.8 Å². The van der Waals surface area contributed by atoms with Crippen molar-refractivity contribution in [2.45, 2.75) is 26.4 Å². The van der Waals surface area contributed by atoms with E-state index in [1.807, 2.05) is 6.92 Å². The van der Waals surface area contributed by atoms with Crippen molar-refractivity contribution in [1.29, 1.82) is 5.41 Å². The predicted molar refractivity (Wildman–Crippen MR) is 127 cm³/mol. The molecule has 11 heteroatoms. The van der Waals surface area contributed by atoms with Crippen molar-refractivity contribution in [3.63, 3.8) is 0 Å². The molecule has 3 N–H and O–H groups in total. The lowest BCUT2D eigenvalue weighted by atomic mass is 9.79. The van der Waals surface area contributed by atoms with E-state index >= 15 is 0 Å². The van der Waals surface area contributed by atoms with Crippen LogP contribution >= 0.6 is 22.9 Å². The number of benzene rings is 1. The molecule has 1 fully saturated rings. The molecule has 0 spiro atoms. The number of halogens is 1. The Morgan fingerprint density at radius 1 is 1.39 bits per heavy atom.